The van der Waals surface area contributed by atoms with Crippen LogP contribution in [-0.2, 0) is 31.7 Å². The van der Waals surface area contributed by atoms with Gasteiger partial charge in [-0.2, -0.15) is 0 Å². The molecule has 0 fully saturated rings. The molecule has 0 aliphatic heterocycles. The topological polar surface area (TPSA) is 72.5 Å². The van der Waals surface area contributed by atoms with Gasteiger partial charge in [0.1, 0.15) is 0 Å². The molecular formula is C18H38O7Si2. The van der Waals surface area contributed by atoms with Crippen LogP contribution in [0.15, 0.2) is 12.2 Å². The SMILES string of the molecule is C=C(C)C(=O)OCC[Si](OCC)(OCC)C(C)[Si](OCC)(OCC)OCC. The standard InChI is InChI=1S/C18H38O7Si2/c1-9-21-26(22-10-2,15-14-20-18(19)16(6)7)17(8)27(23-11-3,24-12-4)25-13-5/h17H,6,9-15H2,1-5,7-8H3. The van der Waals surface area contributed by atoms with Crippen molar-refractivity contribution in [3.63, 3.8) is 0 Å². The van der Waals surface area contributed by atoms with Crippen molar-refractivity contribution in [1.29, 1.82) is 0 Å². The van der Waals surface area contributed by atoms with Gasteiger partial charge in [-0.1, -0.05) is 13.5 Å². The average Bonchev–Trinajstić information content (AvgIpc) is 2.61. The van der Waals surface area contributed by atoms with E-state index >= 15 is 0 Å². The molecule has 0 spiro atoms. The van der Waals surface area contributed by atoms with E-state index in [-0.39, 0.29) is 11.8 Å². The maximum Gasteiger partial charge on any atom is 0.505 e. The molecule has 9 heteroatoms. The van der Waals surface area contributed by atoms with Gasteiger partial charge in [0.25, 0.3) is 0 Å². The van der Waals surface area contributed by atoms with Gasteiger partial charge in [-0.15, -0.1) is 0 Å². The summed E-state index contributed by atoms with van der Waals surface area (Å²) in [6.45, 7) is 19.5. The summed E-state index contributed by atoms with van der Waals surface area (Å²) in [6.07, 6.45) is 0. The van der Waals surface area contributed by atoms with Crippen molar-refractivity contribution < 1.29 is 31.7 Å². The van der Waals surface area contributed by atoms with Gasteiger partial charge in [-0.25, -0.2) is 4.79 Å². The third kappa shape index (κ3) is 7.76. The van der Waals surface area contributed by atoms with Gasteiger partial charge >= 0.3 is 23.3 Å². The fourth-order valence-electron chi connectivity index (χ4n) is 2.92. The highest BCUT2D eigenvalue weighted by Gasteiger charge is 2.60. The zero-order valence-corrected chi connectivity index (χ0v) is 20.1. The van der Waals surface area contributed by atoms with E-state index in [1.807, 2.05) is 41.5 Å². The quantitative estimate of drug-likeness (QED) is 0.214. The number of hydrogen-bond donors (Lipinski definition) is 0. The summed E-state index contributed by atoms with van der Waals surface area (Å²) in [4.78, 5) is 11.8. The normalized spacial score (nSPS) is 13.4. The molecule has 0 amide bonds. The Bertz CT molecular complexity index is 422. The van der Waals surface area contributed by atoms with Crippen LogP contribution < -0.4 is 0 Å². The third-order valence-corrected chi connectivity index (χ3v) is 13.3. The minimum absolute atomic E-state index is 0.187. The van der Waals surface area contributed by atoms with Crippen LogP contribution in [0, 0.1) is 0 Å². The molecule has 0 aromatic carbocycles. The number of carbonyl (C=O) groups is 1. The second-order valence-corrected chi connectivity index (χ2v) is 13.1. The maximum atomic E-state index is 11.8. The van der Waals surface area contributed by atoms with Crippen LogP contribution in [0.3, 0.4) is 0 Å². The second-order valence-electron chi connectivity index (χ2n) is 5.97. The number of carbonyl (C=O) groups excluding carboxylic acids is 1. The van der Waals surface area contributed by atoms with Crippen molar-refractivity contribution in [2.24, 2.45) is 0 Å². The predicted molar refractivity (Wildman–Crippen MR) is 110 cm³/mol. The van der Waals surface area contributed by atoms with Gasteiger partial charge in [0.05, 0.1) is 11.8 Å². The summed E-state index contributed by atoms with van der Waals surface area (Å²) < 4.78 is 36.0. The first-order chi connectivity index (χ1) is 12.8. The number of hydrogen-bond acceptors (Lipinski definition) is 7. The Kier molecular flexibility index (Phi) is 13.3. The minimum atomic E-state index is -3.05. The van der Waals surface area contributed by atoms with Crippen molar-refractivity contribution in [1.82, 2.24) is 0 Å². The molecule has 160 valence electrons. The highest BCUT2D eigenvalue weighted by atomic mass is 28.4. The van der Waals surface area contributed by atoms with E-state index in [4.69, 9.17) is 26.9 Å². The molecule has 0 saturated carbocycles. The van der Waals surface area contributed by atoms with Crippen LogP contribution in [0.2, 0.25) is 11.2 Å². The van der Waals surface area contributed by atoms with E-state index < -0.39 is 23.3 Å². The molecule has 1 atom stereocenters. The van der Waals surface area contributed by atoms with E-state index in [2.05, 4.69) is 6.58 Å². The molecule has 0 aliphatic carbocycles. The lowest BCUT2D eigenvalue weighted by Crippen LogP contribution is -2.62. The van der Waals surface area contributed by atoms with Crippen molar-refractivity contribution in [3.8, 4) is 0 Å². The summed E-state index contributed by atoms with van der Waals surface area (Å²) in [5, 5.41) is -0.187. The Morgan fingerprint density at radius 2 is 1.26 bits per heavy atom. The number of rotatable bonds is 16. The van der Waals surface area contributed by atoms with E-state index in [1.165, 1.54) is 0 Å². The van der Waals surface area contributed by atoms with Gasteiger partial charge < -0.3 is 26.9 Å². The molecule has 0 heterocycles. The smallest absolute Gasteiger partial charge is 0.462 e. The molecule has 0 saturated heterocycles. The predicted octanol–water partition coefficient (Wildman–Crippen LogP) is 3.60. The Morgan fingerprint density at radius 1 is 0.852 bits per heavy atom. The van der Waals surface area contributed by atoms with Crippen molar-refractivity contribution in [2.45, 2.75) is 59.7 Å². The molecule has 27 heavy (non-hydrogen) atoms. The Morgan fingerprint density at radius 3 is 1.59 bits per heavy atom. The fraction of sp³-hybridized carbons (Fsp3) is 0.833. The molecule has 0 aromatic heterocycles. The van der Waals surface area contributed by atoms with Gasteiger partial charge in [-0.05, 0) is 41.5 Å². The van der Waals surface area contributed by atoms with Crippen LogP contribution in [0.1, 0.15) is 48.5 Å². The maximum absolute atomic E-state index is 11.8. The zero-order valence-electron chi connectivity index (χ0n) is 18.1. The van der Waals surface area contributed by atoms with Crippen molar-refractivity contribution in [2.75, 3.05) is 39.6 Å². The van der Waals surface area contributed by atoms with E-state index in [0.29, 0.717) is 44.7 Å². The highest BCUT2D eigenvalue weighted by molar-refractivity contribution is 6.85. The van der Waals surface area contributed by atoms with Crippen LogP contribution in [0.5, 0.6) is 0 Å². The zero-order chi connectivity index (χ0) is 20.9. The molecular weight excluding hydrogens is 384 g/mol. The summed E-state index contributed by atoms with van der Waals surface area (Å²) in [5.74, 6) is -0.415. The molecule has 0 radical (unpaired) electrons. The molecule has 0 aromatic rings. The first kappa shape index (κ1) is 26.4. The van der Waals surface area contributed by atoms with Crippen LogP contribution >= 0.6 is 0 Å². The number of esters is 1. The van der Waals surface area contributed by atoms with Crippen molar-refractivity contribution >= 4 is 23.3 Å². The lowest BCUT2D eigenvalue weighted by atomic mass is 10.4. The van der Waals surface area contributed by atoms with Gasteiger partial charge in [0, 0.05) is 44.7 Å². The van der Waals surface area contributed by atoms with E-state index in [9.17, 15) is 4.79 Å². The molecule has 7 nitrogen and oxygen atoms in total. The monoisotopic (exact) mass is 422 g/mol. The largest absolute Gasteiger partial charge is 0.505 e. The fourth-order valence-corrected chi connectivity index (χ4v) is 11.6. The van der Waals surface area contributed by atoms with Crippen LogP contribution in [0.25, 0.3) is 0 Å². The Hall–Kier alpha value is -0.556. The summed E-state index contributed by atoms with van der Waals surface area (Å²) in [5.41, 5.74) is 0.366. The average molecular weight is 423 g/mol. The van der Waals surface area contributed by atoms with Gasteiger partial charge in [-0.3, -0.25) is 0 Å². The second kappa shape index (κ2) is 13.6. The summed E-state index contributed by atoms with van der Waals surface area (Å²) >= 11 is 0. The minimum Gasteiger partial charge on any atom is -0.462 e. The Labute approximate surface area is 166 Å². The third-order valence-electron chi connectivity index (χ3n) is 4.04. The van der Waals surface area contributed by atoms with Gasteiger partial charge in [0.2, 0.25) is 0 Å². The van der Waals surface area contributed by atoms with E-state index in [1.54, 1.807) is 6.92 Å². The lowest BCUT2D eigenvalue weighted by molar-refractivity contribution is -0.138. The molecule has 1 unspecified atom stereocenters. The summed E-state index contributed by atoms with van der Waals surface area (Å²) in [7, 11) is -5.92. The van der Waals surface area contributed by atoms with Crippen LogP contribution in [-0.4, -0.2) is 63.0 Å². The molecule has 0 bridgehead atoms. The lowest BCUT2D eigenvalue weighted by Gasteiger charge is -2.42. The first-order valence-electron chi connectivity index (χ1n) is 9.81. The first-order valence-corrected chi connectivity index (χ1v) is 13.7. The van der Waals surface area contributed by atoms with Gasteiger partial charge in [0.15, 0.2) is 0 Å². The van der Waals surface area contributed by atoms with E-state index in [0.717, 1.165) is 0 Å². The molecule has 0 N–H and O–H groups in total. The number of ether oxygens (including phenoxy) is 1. The molecule has 0 aliphatic rings. The van der Waals surface area contributed by atoms with Crippen LogP contribution in [0.4, 0.5) is 0 Å². The molecule has 0 rings (SSSR count). The van der Waals surface area contributed by atoms with Crippen molar-refractivity contribution in [3.05, 3.63) is 12.2 Å². The highest BCUT2D eigenvalue weighted by Crippen LogP contribution is 2.38. The summed E-state index contributed by atoms with van der Waals surface area (Å²) in [6, 6.07) is 0.469. The Balaban J connectivity index is 5.75.